The number of amides is 1. The fourth-order valence-corrected chi connectivity index (χ4v) is 7.52. The molecule has 0 spiro atoms. The zero-order valence-electron chi connectivity index (χ0n) is 27.8. The summed E-state index contributed by atoms with van der Waals surface area (Å²) in [6.07, 6.45) is 7.07. The number of nitrogens with one attached hydrogen (secondary N) is 3. The van der Waals surface area contributed by atoms with Crippen LogP contribution in [0.2, 0.25) is 10.0 Å². The molecule has 0 aliphatic carbocycles. The molecule has 7 rings (SSSR count). The molecule has 3 N–H and O–H groups in total. The largest absolute Gasteiger partial charge is 0.495 e. The number of benzene rings is 2. The summed E-state index contributed by atoms with van der Waals surface area (Å²) in [4.78, 5) is 31.1. The van der Waals surface area contributed by atoms with Crippen molar-refractivity contribution in [3.05, 3.63) is 77.1 Å². The van der Waals surface area contributed by atoms with Crippen molar-refractivity contribution < 1.29 is 19.0 Å². The van der Waals surface area contributed by atoms with Gasteiger partial charge in [-0.3, -0.25) is 4.79 Å². The molecule has 14 heteroatoms. The summed E-state index contributed by atoms with van der Waals surface area (Å²) in [5, 5.41) is 10.4. The first kappa shape index (κ1) is 33.9. The Labute approximate surface area is 300 Å². The Morgan fingerprint density at radius 2 is 1.86 bits per heavy atom. The van der Waals surface area contributed by atoms with Gasteiger partial charge in [-0.15, -0.1) is 0 Å². The highest BCUT2D eigenvalue weighted by atomic mass is 35.5. The number of methoxy groups -OCH3 is 2. The van der Waals surface area contributed by atoms with Gasteiger partial charge in [-0.25, -0.2) is 15.0 Å². The Morgan fingerprint density at radius 1 is 1.08 bits per heavy atom. The monoisotopic (exact) mass is 716 g/mol. The van der Waals surface area contributed by atoms with E-state index in [0.717, 1.165) is 62.4 Å². The minimum absolute atomic E-state index is 0.267. The van der Waals surface area contributed by atoms with Crippen LogP contribution < -0.4 is 35.2 Å². The van der Waals surface area contributed by atoms with Crippen molar-refractivity contribution in [3.63, 3.8) is 0 Å². The molecule has 2 aromatic heterocycles. The lowest BCUT2D eigenvalue weighted by atomic mass is 9.90. The van der Waals surface area contributed by atoms with Crippen LogP contribution >= 0.6 is 23.2 Å². The average molecular weight is 718 g/mol. The average Bonchev–Trinajstić information content (AvgIpc) is 3.16. The summed E-state index contributed by atoms with van der Waals surface area (Å²) in [6, 6.07) is 11.4. The second-order valence-corrected chi connectivity index (χ2v) is 13.0. The van der Waals surface area contributed by atoms with E-state index in [4.69, 9.17) is 47.4 Å². The molecule has 50 heavy (non-hydrogen) atoms. The third-order valence-corrected chi connectivity index (χ3v) is 10.1. The van der Waals surface area contributed by atoms with Crippen molar-refractivity contribution in [1.29, 1.82) is 0 Å². The fourth-order valence-electron chi connectivity index (χ4n) is 6.82. The molecule has 1 atom stereocenters. The van der Waals surface area contributed by atoms with Gasteiger partial charge in [0.05, 0.1) is 56.2 Å². The van der Waals surface area contributed by atoms with E-state index < -0.39 is 0 Å². The molecule has 0 saturated carbocycles. The number of morpholine rings is 1. The number of ether oxygens (including phenoxy) is 3. The minimum atomic E-state index is -0.316. The lowest BCUT2D eigenvalue weighted by Crippen LogP contribution is -2.46. The van der Waals surface area contributed by atoms with Crippen LogP contribution in [0.15, 0.2) is 61.4 Å². The Hall–Kier alpha value is -4.62. The number of carbonyl (C=O) groups is 1. The van der Waals surface area contributed by atoms with E-state index in [2.05, 4.69) is 38.5 Å². The van der Waals surface area contributed by atoms with Crippen LogP contribution in [-0.4, -0.2) is 74.0 Å². The highest BCUT2D eigenvalue weighted by molar-refractivity contribution is 6.41. The van der Waals surface area contributed by atoms with E-state index in [9.17, 15) is 4.79 Å². The number of pyridine rings is 1. The summed E-state index contributed by atoms with van der Waals surface area (Å²) in [7, 11) is 3.07. The van der Waals surface area contributed by atoms with Gasteiger partial charge in [0.15, 0.2) is 0 Å². The van der Waals surface area contributed by atoms with E-state index in [0.29, 0.717) is 68.5 Å². The third kappa shape index (κ3) is 6.63. The molecule has 0 radical (unpaired) electrons. The maximum Gasteiger partial charge on any atom is 0.247 e. The van der Waals surface area contributed by atoms with Gasteiger partial charge in [0.1, 0.15) is 27.4 Å². The first-order valence-electron chi connectivity index (χ1n) is 16.5. The predicted octanol–water partition coefficient (Wildman–Crippen LogP) is 6.59. The van der Waals surface area contributed by atoms with Gasteiger partial charge in [0.25, 0.3) is 0 Å². The molecule has 260 valence electrons. The molecule has 1 unspecified atom stereocenters. The number of anilines is 6. The van der Waals surface area contributed by atoms with Crippen LogP contribution in [0.4, 0.5) is 34.5 Å². The first-order chi connectivity index (χ1) is 24.4. The number of fused-ring (bicyclic) bond motifs is 3. The number of rotatable bonds is 9. The van der Waals surface area contributed by atoms with E-state index in [-0.39, 0.29) is 12.0 Å². The van der Waals surface area contributed by atoms with Crippen LogP contribution in [0, 0.1) is 5.92 Å². The SMILES string of the molecule is C=CC(=O)Nc1cc(N2CCC(C3CNCCO3)CC2)ccc1Nc1ncc2c(n1)-c1cccnc1N(c1c(Cl)c(OC)cc(OC)c1Cl)C2. The minimum Gasteiger partial charge on any atom is -0.495 e. The zero-order valence-corrected chi connectivity index (χ0v) is 29.4. The summed E-state index contributed by atoms with van der Waals surface area (Å²) in [5.41, 5.74) is 5.07. The van der Waals surface area contributed by atoms with Crippen molar-refractivity contribution in [1.82, 2.24) is 20.3 Å². The maximum absolute atomic E-state index is 12.5. The second-order valence-electron chi connectivity index (χ2n) is 12.3. The number of halogens is 2. The van der Waals surface area contributed by atoms with Gasteiger partial charge in [-0.1, -0.05) is 29.8 Å². The van der Waals surface area contributed by atoms with Crippen LogP contribution in [0.5, 0.6) is 11.5 Å². The number of hydrogen-bond acceptors (Lipinski definition) is 11. The summed E-state index contributed by atoms with van der Waals surface area (Å²) in [6.45, 7) is 8.38. The van der Waals surface area contributed by atoms with E-state index in [1.807, 2.05) is 29.2 Å². The smallest absolute Gasteiger partial charge is 0.247 e. The molecule has 12 nitrogen and oxygen atoms in total. The van der Waals surface area contributed by atoms with Gasteiger partial charge >= 0.3 is 0 Å². The highest BCUT2D eigenvalue weighted by Gasteiger charge is 2.32. The first-order valence-corrected chi connectivity index (χ1v) is 17.2. The maximum atomic E-state index is 12.5. The van der Waals surface area contributed by atoms with Crippen molar-refractivity contribution in [3.8, 4) is 22.8 Å². The number of piperidine rings is 1. The van der Waals surface area contributed by atoms with Gasteiger partial charge in [-0.2, -0.15) is 0 Å². The molecule has 4 aromatic rings. The number of carbonyl (C=O) groups excluding carboxylic acids is 1. The molecular weight excluding hydrogens is 679 g/mol. The quantitative estimate of drug-likeness (QED) is 0.163. The summed E-state index contributed by atoms with van der Waals surface area (Å²) >= 11 is 13.6. The topological polar surface area (TPSA) is 126 Å². The molecule has 1 amide bonds. The van der Waals surface area contributed by atoms with Crippen LogP contribution in [-0.2, 0) is 16.1 Å². The molecule has 2 fully saturated rings. The van der Waals surface area contributed by atoms with Gasteiger partial charge in [-0.05, 0) is 55.2 Å². The fraction of sp³-hybridized carbons (Fsp3) is 0.333. The molecule has 2 saturated heterocycles. The molecule has 3 aliphatic rings. The highest BCUT2D eigenvalue weighted by Crippen LogP contribution is 2.51. The normalized spacial score (nSPS) is 17.4. The molecule has 5 heterocycles. The Morgan fingerprint density at radius 3 is 2.56 bits per heavy atom. The standard InChI is InChI=1S/C36H38Cl2N8O4/c1-4-30(47)42-26-16-23(45-13-9-21(10-14-45)29-19-39-12-15-50-29)7-8-25(26)43-36-41-18-22-20-46(35-24(33(22)44-36)6-5-11-40-35)34-31(37)27(48-2)17-28(49-3)32(34)38/h4-8,11,16-18,21,29,39H,1,9-10,12-15,19-20H2,2-3H3,(H,42,47)(H,41,43,44). The number of aromatic nitrogens is 3. The van der Waals surface area contributed by atoms with Crippen LogP contribution in [0.1, 0.15) is 18.4 Å². The van der Waals surface area contributed by atoms with E-state index in [1.54, 1.807) is 18.5 Å². The lowest BCUT2D eigenvalue weighted by Gasteiger charge is -2.38. The van der Waals surface area contributed by atoms with Crippen molar-refractivity contribution in [2.24, 2.45) is 5.92 Å². The summed E-state index contributed by atoms with van der Waals surface area (Å²) in [5.74, 6) is 2.02. The molecule has 3 aliphatic heterocycles. The number of nitrogens with zero attached hydrogens (tertiary/aromatic N) is 5. The third-order valence-electron chi connectivity index (χ3n) is 9.39. The van der Waals surface area contributed by atoms with Crippen LogP contribution in [0.3, 0.4) is 0 Å². The van der Waals surface area contributed by atoms with Crippen molar-refractivity contribution in [2.45, 2.75) is 25.5 Å². The van der Waals surface area contributed by atoms with E-state index >= 15 is 0 Å². The number of hydrogen-bond donors (Lipinski definition) is 3. The Bertz CT molecular complexity index is 1890. The Balaban J connectivity index is 1.16. The summed E-state index contributed by atoms with van der Waals surface area (Å²) < 4.78 is 17.1. The zero-order chi connectivity index (χ0) is 34.8. The van der Waals surface area contributed by atoms with Gasteiger partial charge < -0.3 is 40.0 Å². The Kier molecular flexibility index (Phi) is 9.95. The van der Waals surface area contributed by atoms with Crippen molar-refractivity contribution >= 4 is 63.6 Å². The van der Waals surface area contributed by atoms with Gasteiger partial charge in [0, 0.05) is 61.5 Å². The predicted molar refractivity (Wildman–Crippen MR) is 197 cm³/mol. The lowest BCUT2D eigenvalue weighted by molar-refractivity contribution is -0.111. The van der Waals surface area contributed by atoms with E-state index in [1.165, 1.54) is 20.3 Å². The van der Waals surface area contributed by atoms with Crippen molar-refractivity contribution in [2.75, 3.05) is 67.4 Å². The van der Waals surface area contributed by atoms with Crippen LogP contribution in [0.25, 0.3) is 11.3 Å². The molecule has 0 bridgehead atoms. The molecular formula is C36H38Cl2N8O4. The molecule has 2 aromatic carbocycles. The van der Waals surface area contributed by atoms with Gasteiger partial charge in [0.2, 0.25) is 11.9 Å². The second kappa shape index (κ2) is 14.7.